The van der Waals surface area contributed by atoms with Crippen LogP contribution in [0.15, 0.2) is 130 Å². The average Bonchev–Trinajstić information content (AvgIpc) is 3.78. The normalized spacial score (nSPS) is 35.1. The van der Waals surface area contributed by atoms with Crippen LogP contribution in [0.5, 0.6) is 0 Å². The van der Waals surface area contributed by atoms with E-state index < -0.39 is 127 Å². The van der Waals surface area contributed by atoms with Crippen LogP contribution in [0.25, 0.3) is 0 Å². The van der Waals surface area contributed by atoms with Gasteiger partial charge in [0.05, 0.1) is 0 Å². The first kappa shape index (κ1) is 52.2. The van der Waals surface area contributed by atoms with E-state index in [1.807, 2.05) is 49.5 Å². The van der Waals surface area contributed by atoms with Crippen molar-refractivity contribution >= 4 is 3.21 Å². The number of benzene rings is 2. The molecule has 2 aromatic rings. The zero-order valence-corrected chi connectivity index (χ0v) is 41.2. The first-order valence-electron chi connectivity index (χ1n) is 21.1. The molecule has 0 spiro atoms. The molecule has 0 amide bonds. The third-order valence-electron chi connectivity index (χ3n) is 18.0. The molecule has 0 aliphatic heterocycles. The Morgan fingerprint density at radius 2 is 0.909 bits per heavy atom. The van der Waals surface area contributed by atoms with Gasteiger partial charge in [-0.15, -0.1) is 0 Å². The second-order valence-corrected chi connectivity index (χ2v) is 26.1. The van der Waals surface area contributed by atoms with Crippen LogP contribution >= 0.6 is 0 Å². The van der Waals surface area contributed by atoms with E-state index in [9.17, 15) is 52.7 Å². The first-order valence-corrected chi connectivity index (χ1v) is 25.0. The van der Waals surface area contributed by atoms with Gasteiger partial charge in [-0.1, -0.05) is 0 Å². The van der Waals surface area contributed by atoms with Gasteiger partial charge in [-0.3, -0.25) is 0 Å². The standard InChI is InChI=1S/C29H37.C17H6F12.C5H5.2ClH.Zr/c1-21-14-13-15-22-20-27(6)25(4)18-10-9-16-23(25,2)24(3)17-11-12-19-26(24,5)29(27,8)28(21,22)7;18-14(19,20)10-2-8(3-11(6-10)15(21,22)23)1-9-4-12(16(24,25)26)7-13(5-9)17(27,28)29;1-2-4-5-3-1;;;/h9-20,22H,1-8H3;2-7H;1-3H,4H2;2*1H;/q;;;;;+2/p-2. The fourth-order valence-electron chi connectivity index (χ4n) is 14.1. The van der Waals surface area contributed by atoms with E-state index in [4.69, 9.17) is 0 Å². The summed E-state index contributed by atoms with van der Waals surface area (Å²) in [7, 11) is 0. The van der Waals surface area contributed by atoms with Crippen molar-refractivity contribution in [3.63, 3.8) is 0 Å². The van der Waals surface area contributed by atoms with Gasteiger partial charge in [0.15, 0.2) is 0 Å². The fourth-order valence-corrected chi connectivity index (χ4v) is 25.2. The van der Waals surface area contributed by atoms with Gasteiger partial charge in [0.1, 0.15) is 0 Å². The summed E-state index contributed by atoms with van der Waals surface area (Å²) in [6.07, 6.45) is 6.47. The Hall–Kier alpha value is -3.15. The smallest absolute Gasteiger partial charge is 1.00 e. The van der Waals surface area contributed by atoms with E-state index in [-0.39, 0.29) is 46.6 Å². The summed E-state index contributed by atoms with van der Waals surface area (Å²) < 4.78 is 178. The number of allylic oxidation sites excluding steroid dienone is 16. The summed E-state index contributed by atoms with van der Waals surface area (Å²) in [6.45, 7) is 17.2. The maximum Gasteiger partial charge on any atom is -1.00 e. The van der Waals surface area contributed by atoms with Crippen LogP contribution in [0.1, 0.15) is 95.2 Å². The third kappa shape index (κ3) is 6.67. The number of halogens is 14. The van der Waals surface area contributed by atoms with Crippen molar-refractivity contribution in [3.05, 3.63) is 164 Å². The van der Waals surface area contributed by atoms with Gasteiger partial charge in [-0.05, 0) is 0 Å². The molecule has 354 valence electrons. The maximum atomic E-state index is 14.9. The van der Waals surface area contributed by atoms with Crippen molar-refractivity contribution in [2.75, 3.05) is 0 Å². The number of hydrogen-bond donors (Lipinski definition) is 0. The molecule has 8 rings (SSSR count). The van der Waals surface area contributed by atoms with Crippen molar-refractivity contribution in [3.8, 4) is 0 Å². The van der Waals surface area contributed by atoms with E-state index in [0.29, 0.717) is 27.5 Å². The van der Waals surface area contributed by atoms with E-state index in [1.54, 1.807) is 18.2 Å². The third-order valence-corrected chi connectivity index (χ3v) is 27.1. The van der Waals surface area contributed by atoms with E-state index in [0.717, 1.165) is 5.57 Å². The molecule has 66 heavy (non-hydrogen) atoms. The summed E-state index contributed by atoms with van der Waals surface area (Å²) in [5.41, 5.74) is -13.1. The molecule has 6 aliphatic carbocycles. The van der Waals surface area contributed by atoms with Gasteiger partial charge in [0.25, 0.3) is 0 Å². The molecule has 2 aromatic carbocycles. The summed E-state index contributed by atoms with van der Waals surface area (Å²) in [5, 5.41) is 0. The zero-order chi connectivity index (χ0) is 47.3. The monoisotopic (exact) mass is 1050 g/mol. The second kappa shape index (κ2) is 15.9. The van der Waals surface area contributed by atoms with Crippen LogP contribution in [0.3, 0.4) is 0 Å². The largest absolute Gasteiger partial charge is 1.00 e. The van der Waals surface area contributed by atoms with Gasteiger partial charge in [-0.2, -0.15) is 0 Å². The summed E-state index contributed by atoms with van der Waals surface area (Å²) in [4.78, 5) is 0. The Morgan fingerprint density at radius 3 is 1.30 bits per heavy atom. The van der Waals surface area contributed by atoms with Crippen LogP contribution in [-0.4, -0.2) is 3.21 Å². The number of rotatable bonds is 4. The minimum atomic E-state index is -5.37. The second-order valence-electron chi connectivity index (χ2n) is 19.7. The van der Waals surface area contributed by atoms with Gasteiger partial charge in [-0.25, -0.2) is 0 Å². The topological polar surface area (TPSA) is 0 Å². The van der Waals surface area contributed by atoms with Crippen molar-refractivity contribution in [2.24, 2.45) is 43.8 Å². The van der Waals surface area contributed by atoms with Gasteiger partial charge >= 0.3 is 375 Å². The molecule has 2 fully saturated rings. The average molecular weight is 1050 g/mol. The SMILES string of the molecule is CC1=CC=CC2[CH]([Zr+2]([C]3=CC=CC3)=[C](c3cc(C(F)(F)F)cc(C(F)(F)F)c3)c3cc(C(F)(F)F)cc(C(F)(F)F)c3)C3(C)C4(C)C=CC=CC4(C)C4(C)C=CC=CC4(C)C3(C)C12C.[Cl-].[Cl-]. The Balaban J connectivity index is 0.00000360. The molecular formula is C51H48Cl2F12Zr. The Bertz CT molecular complexity index is 2490. The molecule has 0 nitrogen and oxygen atoms in total. The fraction of sp³-hybridized carbons (Fsp3) is 0.431. The Kier molecular flexibility index (Phi) is 12.6. The molecule has 15 heteroatoms. The van der Waals surface area contributed by atoms with Crippen molar-refractivity contribution < 1.29 is 98.8 Å². The van der Waals surface area contributed by atoms with E-state index in [1.165, 1.54) is 0 Å². The molecule has 9 unspecified atom stereocenters. The number of fused-ring (bicyclic) bond motifs is 8. The molecule has 0 saturated heterocycles. The maximum absolute atomic E-state index is 14.9. The summed E-state index contributed by atoms with van der Waals surface area (Å²) in [6, 6.07) is 1.83. The summed E-state index contributed by atoms with van der Waals surface area (Å²) in [5.74, 6) is -0.530. The number of hydrogen-bond acceptors (Lipinski definition) is 0. The predicted octanol–water partition coefficient (Wildman–Crippen LogP) is 10.0. The minimum Gasteiger partial charge on any atom is -1.00 e. The summed E-state index contributed by atoms with van der Waals surface area (Å²) >= 11 is -4.75. The molecule has 0 aromatic heterocycles. The molecule has 2 saturated carbocycles. The molecule has 6 aliphatic rings. The Morgan fingerprint density at radius 1 is 0.515 bits per heavy atom. The van der Waals surface area contributed by atoms with Crippen LogP contribution < -0.4 is 24.8 Å². The molecule has 9 atom stereocenters. The molecule has 0 heterocycles. The van der Waals surface area contributed by atoms with Crippen LogP contribution in [-0.2, 0) is 46.0 Å². The number of alkyl halides is 12. The zero-order valence-electron chi connectivity index (χ0n) is 37.2. The molecule has 0 radical (unpaired) electrons. The molecular weight excluding hydrogens is 1000 g/mol. The van der Waals surface area contributed by atoms with Crippen molar-refractivity contribution in [2.45, 2.75) is 90.1 Å². The Labute approximate surface area is 397 Å². The quantitative estimate of drug-likeness (QED) is 0.268. The van der Waals surface area contributed by atoms with Gasteiger partial charge in [0, 0.05) is 0 Å². The van der Waals surface area contributed by atoms with E-state index in [2.05, 4.69) is 72.8 Å². The van der Waals surface area contributed by atoms with Gasteiger partial charge < -0.3 is 24.8 Å². The first-order chi connectivity index (χ1) is 29.3. The van der Waals surface area contributed by atoms with Crippen LogP contribution in [0.2, 0.25) is 3.63 Å². The molecule has 0 bridgehead atoms. The van der Waals surface area contributed by atoms with Crippen LogP contribution in [0, 0.1) is 43.8 Å². The van der Waals surface area contributed by atoms with Gasteiger partial charge in [0.2, 0.25) is 0 Å². The minimum absolute atomic E-state index is 0. The predicted molar refractivity (Wildman–Crippen MR) is 221 cm³/mol. The van der Waals surface area contributed by atoms with E-state index >= 15 is 0 Å². The van der Waals surface area contributed by atoms with Crippen molar-refractivity contribution in [1.29, 1.82) is 0 Å². The van der Waals surface area contributed by atoms with Crippen LogP contribution in [0.4, 0.5) is 52.7 Å². The molecule has 0 N–H and O–H groups in total. The van der Waals surface area contributed by atoms with Crippen molar-refractivity contribution in [1.82, 2.24) is 0 Å².